The van der Waals surface area contributed by atoms with Crippen LogP contribution in [-0.4, -0.2) is 36.4 Å². The van der Waals surface area contributed by atoms with Crippen molar-refractivity contribution in [3.8, 4) is 5.75 Å². The van der Waals surface area contributed by atoms with Crippen molar-refractivity contribution in [2.24, 2.45) is 0 Å². The molecular weight excluding hydrogens is 382 g/mol. The predicted molar refractivity (Wildman–Crippen MR) is 103 cm³/mol. The SMILES string of the molecule is COc1ccc(NC(=O)CN2C(=O)N[C@]3(CCc4ccccc43)C2=O)cc1Cl. The molecule has 1 fully saturated rings. The third-order valence-corrected chi connectivity index (χ3v) is 5.45. The number of halogens is 1. The molecule has 4 rings (SSSR count). The van der Waals surface area contributed by atoms with Crippen LogP contribution in [0.4, 0.5) is 10.5 Å². The summed E-state index contributed by atoms with van der Waals surface area (Å²) in [5.41, 5.74) is 1.22. The lowest BCUT2D eigenvalue weighted by atomic mass is 9.92. The molecule has 0 aromatic heterocycles. The number of carbonyl (C=O) groups is 3. The second kappa shape index (κ2) is 6.83. The van der Waals surface area contributed by atoms with E-state index in [9.17, 15) is 14.4 Å². The van der Waals surface area contributed by atoms with Gasteiger partial charge in [0.25, 0.3) is 5.91 Å². The predicted octanol–water partition coefficient (Wildman–Crippen LogP) is 2.68. The molecule has 2 aromatic carbocycles. The Labute approximate surface area is 166 Å². The first kappa shape index (κ1) is 18.3. The van der Waals surface area contributed by atoms with Gasteiger partial charge >= 0.3 is 6.03 Å². The van der Waals surface area contributed by atoms with E-state index in [4.69, 9.17) is 16.3 Å². The third-order valence-electron chi connectivity index (χ3n) is 5.16. The number of hydrogen-bond acceptors (Lipinski definition) is 4. The third kappa shape index (κ3) is 2.88. The van der Waals surface area contributed by atoms with Crippen LogP contribution in [0.2, 0.25) is 5.02 Å². The van der Waals surface area contributed by atoms with Gasteiger partial charge in [-0.1, -0.05) is 35.9 Å². The zero-order valence-corrected chi connectivity index (χ0v) is 15.9. The molecule has 2 aliphatic rings. The van der Waals surface area contributed by atoms with Crippen molar-refractivity contribution in [2.45, 2.75) is 18.4 Å². The Morgan fingerprint density at radius 1 is 1.29 bits per heavy atom. The number of nitrogens with one attached hydrogen (secondary N) is 2. The van der Waals surface area contributed by atoms with Crippen molar-refractivity contribution in [1.29, 1.82) is 0 Å². The number of methoxy groups -OCH3 is 1. The van der Waals surface area contributed by atoms with Gasteiger partial charge in [-0.05, 0) is 42.2 Å². The number of rotatable bonds is 4. The van der Waals surface area contributed by atoms with E-state index in [1.54, 1.807) is 18.2 Å². The lowest BCUT2D eigenvalue weighted by Crippen LogP contribution is -2.42. The topological polar surface area (TPSA) is 87.7 Å². The summed E-state index contributed by atoms with van der Waals surface area (Å²) < 4.78 is 5.07. The fourth-order valence-electron chi connectivity index (χ4n) is 3.82. The number of ether oxygens (including phenoxy) is 1. The summed E-state index contributed by atoms with van der Waals surface area (Å²) in [7, 11) is 1.49. The Kier molecular flexibility index (Phi) is 4.47. The molecule has 7 nitrogen and oxygen atoms in total. The van der Waals surface area contributed by atoms with Crippen molar-refractivity contribution in [3.63, 3.8) is 0 Å². The van der Waals surface area contributed by atoms with Gasteiger partial charge < -0.3 is 15.4 Å². The first-order valence-electron chi connectivity index (χ1n) is 8.80. The van der Waals surface area contributed by atoms with Crippen LogP contribution in [0.5, 0.6) is 5.75 Å². The summed E-state index contributed by atoms with van der Waals surface area (Å²) in [6, 6.07) is 11.8. The number of amides is 4. The van der Waals surface area contributed by atoms with Crippen LogP contribution >= 0.6 is 11.6 Å². The van der Waals surface area contributed by atoms with Gasteiger partial charge in [0.2, 0.25) is 5.91 Å². The van der Waals surface area contributed by atoms with Crippen molar-refractivity contribution >= 4 is 35.1 Å². The number of nitrogens with zero attached hydrogens (tertiary/aromatic N) is 1. The molecule has 1 spiro atoms. The largest absolute Gasteiger partial charge is 0.495 e. The molecule has 1 atom stereocenters. The number of imide groups is 1. The van der Waals surface area contributed by atoms with Gasteiger partial charge in [-0.3, -0.25) is 14.5 Å². The number of benzene rings is 2. The minimum atomic E-state index is -1.07. The number of anilines is 1. The van der Waals surface area contributed by atoms with E-state index < -0.39 is 23.4 Å². The molecular formula is C20H18ClN3O4. The number of fused-ring (bicyclic) bond motifs is 2. The summed E-state index contributed by atoms with van der Waals surface area (Å²) >= 11 is 6.05. The molecule has 2 N–H and O–H groups in total. The van der Waals surface area contributed by atoms with Gasteiger partial charge in [0, 0.05) is 5.69 Å². The number of urea groups is 1. The van der Waals surface area contributed by atoms with Gasteiger partial charge in [0.05, 0.1) is 12.1 Å². The quantitative estimate of drug-likeness (QED) is 0.774. The van der Waals surface area contributed by atoms with Crippen LogP contribution in [0.15, 0.2) is 42.5 Å². The first-order chi connectivity index (χ1) is 13.4. The highest BCUT2D eigenvalue weighted by atomic mass is 35.5. The maximum absolute atomic E-state index is 13.1. The van der Waals surface area contributed by atoms with Gasteiger partial charge in [-0.15, -0.1) is 0 Å². The summed E-state index contributed by atoms with van der Waals surface area (Å²) in [5, 5.41) is 5.79. The summed E-state index contributed by atoms with van der Waals surface area (Å²) in [4.78, 5) is 38.9. The Bertz CT molecular complexity index is 993. The lowest BCUT2D eigenvalue weighted by molar-refractivity contribution is -0.134. The van der Waals surface area contributed by atoms with Crippen molar-refractivity contribution in [2.75, 3.05) is 19.0 Å². The zero-order chi connectivity index (χ0) is 19.9. The maximum Gasteiger partial charge on any atom is 0.325 e. The van der Waals surface area contributed by atoms with E-state index in [1.165, 1.54) is 7.11 Å². The Balaban J connectivity index is 1.50. The monoisotopic (exact) mass is 399 g/mol. The van der Waals surface area contributed by atoms with Crippen molar-refractivity contribution < 1.29 is 19.1 Å². The molecule has 28 heavy (non-hydrogen) atoms. The number of hydrogen-bond donors (Lipinski definition) is 2. The van der Waals surface area contributed by atoms with Crippen molar-refractivity contribution in [1.82, 2.24) is 10.2 Å². The molecule has 1 aliphatic carbocycles. The zero-order valence-electron chi connectivity index (χ0n) is 15.1. The van der Waals surface area contributed by atoms with Gasteiger partial charge in [0.15, 0.2) is 0 Å². The summed E-state index contributed by atoms with van der Waals surface area (Å²) in [6.07, 6.45) is 1.19. The Morgan fingerprint density at radius 3 is 2.82 bits per heavy atom. The molecule has 144 valence electrons. The molecule has 4 amide bonds. The smallest absolute Gasteiger partial charge is 0.325 e. The highest BCUT2D eigenvalue weighted by Gasteiger charge is 2.55. The normalized spacial score (nSPS) is 20.3. The highest BCUT2D eigenvalue weighted by Crippen LogP contribution is 2.41. The van der Waals surface area contributed by atoms with Crippen LogP contribution in [-0.2, 0) is 21.5 Å². The minimum absolute atomic E-state index is 0.344. The van der Waals surface area contributed by atoms with Gasteiger partial charge in [0.1, 0.15) is 17.8 Å². The van der Waals surface area contributed by atoms with Crippen LogP contribution in [0.1, 0.15) is 17.5 Å². The highest BCUT2D eigenvalue weighted by molar-refractivity contribution is 6.32. The average molecular weight is 400 g/mol. The Morgan fingerprint density at radius 2 is 2.07 bits per heavy atom. The van der Waals surface area contributed by atoms with Gasteiger partial charge in [-0.25, -0.2) is 4.79 Å². The van der Waals surface area contributed by atoms with E-state index in [2.05, 4.69) is 10.6 Å². The van der Waals surface area contributed by atoms with Crippen molar-refractivity contribution in [3.05, 3.63) is 58.6 Å². The molecule has 8 heteroatoms. The average Bonchev–Trinajstić information content (AvgIpc) is 3.16. The fraction of sp³-hybridized carbons (Fsp3) is 0.250. The molecule has 0 unspecified atom stereocenters. The number of aryl methyl sites for hydroxylation is 1. The second-order valence-corrected chi connectivity index (χ2v) is 7.19. The number of carbonyl (C=O) groups excluding carboxylic acids is 3. The van der Waals surface area contributed by atoms with E-state index >= 15 is 0 Å². The fourth-order valence-corrected chi connectivity index (χ4v) is 4.08. The van der Waals surface area contributed by atoms with Crippen LogP contribution in [0.3, 0.4) is 0 Å². The molecule has 2 aromatic rings. The lowest BCUT2D eigenvalue weighted by Gasteiger charge is -2.22. The first-order valence-corrected chi connectivity index (χ1v) is 9.18. The van der Waals surface area contributed by atoms with Gasteiger partial charge in [-0.2, -0.15) is 0 Å². The molecule has 0 saturated carbocycles. The molecule has 0 bridgehead atoms. The summed E-state index contributed by atoms with van der Waals surface area (Å²) in [6.45, 7) is -0.377. The molecule has 1 saturated heterocycles. The Hall–Kier alpha value is -3.06. The van der Waals surface area contributed by atoms with E-state index in [1.807, 2.05) is 24.3 Å². The van der Waals surface area contributed by atoms with Crippen LogP contribution in [0, 0.1) is 0 Å². The molecule has 1 aliphatic heterocycles. The van der Waals surface area contributed by atoms with Crippen LogP contribution in [0.25, 0.3) is 0 Å². The standard InChI is InChI=1S/C20H18ClN3O4/c1-28-16-7-6-13(10-15(16)21)22-17(25)11-24-18(26)20(23-19(24)27)9-8-12-4-2-3-5-14(12)20/h2-7,10H,8-9,11H2,1H3,(H,22,25)(H,23,27)/t20-/m0/s1. The van der Waals surface area contributed by atoms with E-state index in [0.717, 1.165) is 16.0 Å². The summed E-state index contributed by atoms with van der Waals surface area (Å²) in [5.74, 6) is -0.408. The maximum atomic E-state index is 13.1. The molecule has 1 heterocycles. The minimum Gasteiger partial charge on any atom is -0.495 e. The second-order valence-electron chi connectivity index (χ2n) is 6.78. The van der Waals surface area contributed by atoms with E-state index in [0.29, 0.717) is 29.3 Å². The van der Waals surface area contributed by atoms with Crippen LogP contribution < -0.4 is 15.4 Å². The molecule has 0 radical (unpaired) electrons. The van der Waals surface area contributed by atoms with E-state index in [-0.39, 0.29) is 6.54 Å².